The van der Waals surface area contributed by atoms with E-state index in [4.69, 9.17) is 4.74 Å². The van der Waals surface area contributed by atoms with Crippen LogP contribution < -0.4 is 15.0 Å². The molecule has 0 saturated carbocycles. The lowest BCUT2D eigenvalue weighted by Crippen LogP contribution is -2.42. The maximum Gasteiger partial charge on any atom is 0.279 e. The number of nitrogens with zero attached hydrogens (tertiary/aromatic N) is 3. The number of ether oxygens (including phenoxy) is 1. The highest BCUT2D eigenvalue weighted by molar-refractivity contribution is 6.11. The van der Waals surface area contributed by atoms with E-state index in [0.29, 0.717) is 29.3 Å². The zero-order valence-electron chi connectivity index (χ0n) is 19.9. The van der Waals surface area contributed by atoms with Gasteiger partial charge in [-0.1, -0.05) is 24.3 Å². The predicted octanol–water partition coefficient (Wildman–Crippen LogP) is 5.35. The highest BCUT2D eigenvalue weighted by atomic mass is 19.1. The number of amides is 2. The van der Waals surface area contributed by atoms with E-state index in [0.717, 1.165) is 5.56 Å². The van der Waals surface area contributed by atoms with Crippen molar-refractivity contribution in [2.24, 2.45) is 0 Å². The molecule has 0 aliphatic heterocycles. The van der Waals surface area contributed by atoms with Crippen molar-refractivity contribution < 1.29 is 18.7 Å². The van der Waals surface area contributed by atoms with Crippen LogP contribution in [0.2, 0.25) is 0 Å². The summed E-state index contributed by atoms with van der Waals surface area (Å²) in [4.78, 5) is 37.2. The van der Waals surface area contributed by atoms with Gasteiger partial charge in [0.05, 0.1) is 12.8 Å². The molecule has 182 valence electrons. The molecule has 1 atom stereocenters. The minimum absolute atomic E-state index is 0.0875. The van der Waals surface area contributed by atoms with E-state index in [1.165, 1.54) is 47.8 Å². The van der Waals surface area contributed by atoms with Gasteiger partial charge in [0.15, 0.2) is 0 Å². The fraction of sp³-hybridized carbons (Fsp3) is 0.143. The molecule has 7 nitrogen and oxygen atoms in total. The Morgan fingerprint density at radius 3 is 2.42 bits per heavy atom. The smallest absolute Gasteiger partial charge is 0.279 e. The summed E-state index contributed by atoms with van der Waals surface area (Å²) in [5.74, 6) is -0.761. The number of rotatable bonds is 8. The summed E-state index contributed by atoms with van der Waals surface area (Å²) < 4.78 is 19.0. The largest absolute Gasteiger partial charge is 0.494 e. The quantitative estimate of drug-likeness (QED) is 0.365. The molecule has 0 aliphatic rings. The number of carbonyl (C=O) groups excluding carboxylic acids is 2. The Morgan fingerprint density at radius 2 is 1.78 bits per heavy atom. The van der Waals surface area contributed by atoms with E-state index < -0.39 is 23.7 Å². The molecule has 1 heterocycles. The molecule has 1 unspecified atom stereocenters. The van der Waals surface area contributed by atoms with Gasteiger partial charge in [-0.15, -0.1) is 0 Å². The topological polar surface area (TPSA) is 84.4 Å². The zero-order valence-corrected chi connectivity index (χ0v) is 19.9. The van der Waals surface area contributed by atoms with Crippen molar-refractivity contribution in [1.29, 1.82) is 0 Å². The molecule has 0 bridgehead atoms. The lowest BCUT2D eigenvalue weighted by Gasteiger charge is -2.31. The third-order valence-electron chi connectivity index (χ3n) is 5.41. The van der Waals surface area contributed by atoms with Crippen molar-refractivity contribution in [1.82, 2.24) is 9.97 Å². The number of benzene rings is 3. The first-order valence-electron chi connectivity index (χ1n) is 11.4. The Labute approximate surface area is 208 Å². The van der Waals surface area contributed by atoms with E-state index in [1.54, 1.807) is 30.3 Å². The number of halogens is 1. The van der Waals surface area contributed by atoms with Gasteiger partial charge in [0.25, 0.3) is 11.8 Å². The maximum atomic E-state index is 13.8. The van der Waals surface area contributed by atoms with Gasteiger partial charge in [0.2, 0.25) is 0 Å². The predicted molar refractivity (Wildman–Crippen MR) is 135 cm³/mol. The Bertz CT molecular complexity index is 1330. The Hall–Kier alpha value is -4.59. The molecule has 4 rings (SSSR count). The van der Waals surface area contributed by atoms with Crippen LogP contribution in [0, 0.1) is 12.7 Å². The van der Waals surface area contributed by atoms with Gasteiger partial charge in [-0.25, -0.2) is 9.37 Å². The van der Waals surface area contributed by atoms with Crippen molar-refractivity contribution in [3.63, 3.8) is 0 Å². The van der Waals surface area contributed by atoms with Crippen molar-refractivity contribution >= 4 is 23.2 Å². The zero-order chi connectivity index (χ0) is 25.5. The van der Waals surface area contributed by atoms with Crippen LogP contribution in [0.4, 0.5) is 15.8 Å². The van der Waals surface area contributed by atoms with E-state index in [1.807, 2.05) is 32.0 Å². The first-order valence-corrected chi connectivity index (χ1v) is 11.4. The highest BCUT2D eigenvalue weighted by Crippen LogP contribution is 2.32. The SMILES string of the molecule is CCOc1ccc(C(C(=O)Nc2ccc(F)cc2)N(C(=O)c2cnccn2)c2cccc(C)c2)cc1. The van der Waals surface area contributed by atoms with E-state index in [-0.39, 0.29) is 5.69 Å². The van der Waals surface area contributed by atoms with Crippen LogP contribution in [0.1, 0.15) is 34.6 Å². The van der Waals surface area contributed by atoms with E-state index >= 15 is 0 Å². The molecule has 4 aromatic rings. The highest BCUT2D eigenvalue weighted by Gasteiger charge is 2.34. The molecule has 0 spiro atoms. The van der Waals surface area contributed by atoms with Gasteiger partial charge >= 0.3 is 0 Å². The van der Waals surface area contributed by atoms with Gasteiger partial charge < -0.3 is 10.1 Å². The second-order valence-electron chi connectivity index (χ2n) is 8.01. The van der Waals surface area contributed by atoms with Gasteiger partial charge in [0, 0.05) is 23.8 Å². The molecule has 8 heteroatoms. The van der Waals surface area contributed by atoms with Crippen molar-refractivity contribution in [3.8, 4) is 5.75 Å². The second kappa shape index (κ2) is 11.2. The van der Waals surface area contributed by atoms with Crippen molar-refractivity contribution in [2.45, 2.75) is 19.9 Å². The molecule has 3 aromatic carbocycles. The molecular formula is C28H25FN4O3. The number of anilines is 2. The fourth-order valence-electron chi connectivity index (χ4n) is 3.77. The van der Waals surface area contributed by atoms with Crippen molar-refractivity contribution in [2.75, 3.05) is 16.8 Å². The maximum absolute atomic E-state index is 13.8. The molecule has 1 N–H and O–H groups in total. The summed E-state index contributed by atoms with van der Waals surface area (Å²) in [5.41, 5.74) is 2.46. The summed E-state index contributed by atoms with van der Waals surface area (Å²) in [5, 5.41) is 2.81. The number of nitrogens with one attached hydrogen (secondary N) is 1. The molecule has 0 fully saturated rings. The summed E-state index contributed by atoms with van der Waals surface area (Å²) in [7, 11) is 0. The number of aryl methyl sites for hydroxylation is 1. The summed E-state index contributed by atoms with van der Waals surface area (Å²) in [6.45, 7) is 4.28. The second-order valence-corrected chi connectivity index (χ2v) is 8.01. The van der Waals surface area contributed by atoms with Gasteiger partial charge in [0.1, 0.15) is 23.3 Å². The summed E-state index contributed by atoms with van der Waals surface area (Å²) in [6.07, 6.45) is 4.25. The average Bonchev–Trinajstić information content (AvgIpc) is 2.89. The van der Waals surface area contributed by atoms with Crippen LogP contribution in [0.25, 0.3) is 0 Å². The molecule has 36 heavy (non-hydrogen) atoms. The normalized spacial score (nSPS) is 11.4. The van der Waals surface area contributed by atoms with Crippen LogP contribution in [0.5, 0.6) is 5.75 Å². The van der Waals surface area contributed by atoms with E-state index in [9.17, 15) is 14.0 Å². The number of carbonyl (C=O) groups is 2. The lowest BCUT2D eigenvalue weighted by atomic mass is 10.0. The number of aromatic nitrogens is 2. The molecule has 0 saturated heterocycles. The standard InChI is InChI=1S/C28H25FN4O3/c1-3-36-24-13-7-20(8-14-24)26(27(34)32-22-11-9-21(29)10-12-22)33(23-6-4-5-19(2)17-23)28(35)25-18-30-15-16-31-25/h4-18,26H,3H2,1-2H3,(H,32,34). The van der Waals surface area contributed by atoms with Crippen LogP contribution in [-0.4, -0.2) is 28.4 Å². The van der Waals surface area contributed by atoms with Crippen molar-refractivity contribution in [3.05, 3.63) is 114 Å². The Morgan fingerprint density at radius 1 is 1.03 bits per heavy atom. The van der Waals surface area contributed by atoms with Crippen LogP contribution in [0.3, 0.4) is 0 Å². The molecule has 1 aromatic heterocycles. The Kier molecular flexibility index (Phi) is 7.65. The molecular weight excluding hydrogens is 459 g/mol. The van der Waals surface area contributed by atoms with Gasteiger partial charge in [-0.3, -0.25) is 19.5 Å². The average molecular weight is 485 g/mol. The van der Waals surface area contributed by atoms with Crippen LogP contribution >= 0.6 is 0 Å². The molecule has 0 radical (unpaired) electrons. The third kappa shape index (κ3) is 5.72. The van der Waals surface area contributed by atoms with Crippen LogP contribution in [-0.2, 0) is 4.79 Å². The first-order chi connectivity index (χ1) is 17.5. The third-order valence-corrected chi connectivity index (χ3v) is 5.41. The minimum Gasteiger partial charge on any atom is -0.494 e. The van der Waals surface area contributed by atoms with E-state index in [2.05, 4.69) is 15.3 Å². The monoisotopic (exact) mass is 484 g/mol. The fourth-order valence-corrected chi connectivity index (χ4v) is 3.77. The summed E-state index contributed by atoms with van der Waals surface area (Å²) in [6, 6.07) is 18.6. The van der Waals surface area contributed by atoms with Gasteiger partial charge in [-0.05, 0) is 73.5 Å². The number of hydrogen-bond acceptors (Lipinski definition) is 5. The molecule has 2 amide bonds. The first kappa shape index (κ1) is 24.5. The Balaban J connectivity index is 1.83. The molecule has 0 aliphatic carbocycles. The van der Waals surface area contributed by atoms with Crippen LogP contribution in [0.15, 0.2) is 91.4 Å². The van der Waals surface area contributed by atoms with Gasteiger partial charge in [-0.2, -0.15) is 0 Å². The lowest BCUT2D eigenvalue weighted by molar-refractivity contribution is -0.117. The minimum atomic E-state index is -1.08. The number of hydrogen-bond donors (Lipinski definition) is 1. The summed E-state index contributed by atoms with van der Waals surface area (Å²) >= 11 is 0.